The van der Waals surface area contributed by atoms with Crippen LogP contribution < -0.4 is 5.73 Å². The fourth-order valence-corrected chi connectivity index (χ4v) is 2.86. The summed E-state index contributed by atoms with van der Waals surface area (Å²) in [4.78, 5) is 15.3. The predicted molar refractivity (Wildman–Crippen MR) is 74.8 cm³/mol. The molecule has 21 heavy (non-hydrogen) atoms. The van der Waals surface area contributed by atoms with E-state index in [1.165, 1.54) is 10.5 Å². The highest BCUT2D eigenvalue weighted by Gasteiger charge is 2.55. The van der Waals surface area contributed by atoms with E-state index in [0.29, 0.717) is 13.1 Å². The summed E-state index contributed by atoms with van der Waals surface area (Å²) in [5.74, 6) is -1.05. The van der Waals surface area contributed by atoms with Crippen LogP contribution in [0.5, 0.6) is 0 Å². The molecule has 0 radical (unpaired) electrons. The van der Waals surface area contributed by atoms with Gasteiger partial charge >= 0.3 is 6.18 Å². The predicted octanol–water partition coefficient (Wildman–Crippen LogP) is 1.67. The Morgan fingerprint density at radius 3 is 2.43 bits per heavy atom. The third-order valence-corrected chi connectivity index (χ3v) is 4.41. The van der Waals surface area contributed by atoms with Crippen LogP contribution >= 0.6 is 11.3 Å². The number of nitrogens with zero attached hydrogens (tertiary/aromatic N) is 2. The second-order valence-corrected chi connectivity index (χ2v) is 6.18. The SMILES string of the molecule is CC(N)(C(=O)N1CCN(Cc2ccsc2)CC1)C(F)(F)F. The lowest BCUT2D eigenvalue weighted by atomic mass is 10.0. The van der Waals surface area contributed by atoms with Crippen LogP contribution in [0.4, 0.5) is 13.2 Å². The smallest absolute Gasteiger partial charge is 0.338 e. The van der Waals surface area contributed by atoms with Gasteiger partial charge < -0.3 is 10.6 Å². The molecule has 0 aromatic carbocycles. The standard InChI is InChI=1S/C13H18F3N3OS/c1-12(17,13(14,15)16)11(20)19-5-3-18(4-6-19)8-10-2-7-21-9-10/h2,7,9H,3-6,8,17H2,1H3. The van der Waals surface area contributed by atoms with Crippen LogP contribution in [0.2, 0.25) is 0 Å². The summed E-state index contributed by atoms with van der Waals surface area (Å²) >= 11 is 1.61. The van der Waals surface area contributed by atoms with Crippen LogP contribution in [-0.4, -0.2) is 53.6 Å². The van der Waals surface area contributed by atoms with Gasteiger partial charge in [0.2, 0.25) is 0 Å². The van der Waals surface area contributed by atoms with Gasteiger partial charge in [0.05, 0.1) is 0 Å². The van der Waals surface area contributed by atoms with E-state index in [0.717, 1.165) is 13.5 Å². The number of piperazine rings is 1. The first-order chi connectivity index (χ1) is 9.72. The second-order valence-electron chi connectivity index (χ2n) is 5.40. The van der Waals surface area contributed by atoms with E-state index < -0.39 is 17.6 Å². The summed E-state index contributed by atoms with van der Waals surface area (Å²) < 4.78 is 38.4. The van der Waals surface area contributed by atoms with Crippen molar-refractivity contribution in [3.8, 4) is 0 Å². The van der Waals surface area contributed by atoms with Crippen LogP contribution in [0, 0.1) is 0 Å². The van der Waals surface area contributed by atoms with Crippen molar-refractivity contribution >= 4 is 17.2 Å². The quantitative estimate of drug-likeness (QED) is 0.921. The maximum atomic E-state index is 12.8. The average Bonchev–Trinajstić information content (AvgIpc) is 2.90. The van der Waals surface area contributed by atoms with Gasteiger partial charge in [-0.3, -0.25) is 9.69 Å². The average molecular weight is 321 g/mol. The first kappa shape index (κ1) is 16.3. The van der Waals surface area contributed by atoms with Crippen LogP contribution in [0.25, 0.3) is 0 Å². The van der Waals surface area contributed by atoms with Crippen LogP contribution in [0.3, 0.4) is 0 Å². The van der Waals surface area contributed by atoms with Gasteiger partial charge in [0.1, 0.15) is 0 Å². The van der Waals surface area contributed by atoms with E-state index in [2.05, 4.69) is 4.90 Å². The van der Waals surface area contributed by atoms with Gasteiger partial charge in [0.25, 0.3) is 5.91 Å². The molecule has 1 atom stereocenters. The topological polar surface area (TPSA) is 49.6 Å². The number of hydrogen-bond donors (Lipinski definition) is 1. The van der Waals surface area contributed by atoms with Crippen molar-refractivity contribution in [2.75, 3.05) is 26.2 Å². The molecule has 1 amide bonds. The summed E-state index contributed by atoms with van der Waals surface area (Å²) in [5.41, 5.74) is 3.55. The maximum absolute atomic E-state index is 12.8. The molecule has 1 unspecified atom stereocenters. The molecule has 8 heteroatoms. The van der Waals surface area contributed by atoms with Gasteiger partial charge in [0, 0.05) is 32.7 Å². The molecule has 1 aliphatic heterocycles. The van der Waals surface area contributed by atoms with Crippen molar-refractivity contribution in [2.45, 2.75) is 25.2 Å². The molecule has 1 aromatic heterocycles. The molecule has 1 fully saturated rings. The number of carbonyl (C=O) groups is 1. The number of halogens is 3. The Balaban J connectivity index is 1.90. The molecule has 0 bridgehead atoms. The zero-order valence-electron chi connectivity index (χ0n) is 11.7. The van der Waals surface area contributed by atoms with E-state index >= 15 is 0 Å². The molecule has 0 saturated carbocycles. The minimum Gasteiger partial charge on any atom is -0.338 e. The molecule has 2 heterocycles. The van der Waals surface area contributed by atoms with Gasteiger partial charge in [-0.05, 0) is 29.3 Å². The highest BCUT2D eigenvalue weighted by Crippen LogP contribution is 2.29. The largest absolute Gasteiger partial charge is 0.415 e. The number of alkyl halides is 3. The van der Waals surface area contributed by atoms with Crippen molar-refractivity contribution in [1.82, 2.24) is 9.80 Å². The summed E-state index contributed by atoms with van der Waals surface area (Å²) in [5, 5.41) is 4.02. The van der Waals surface area contributed by atoms with Crippen molar-refractivity contribution in [2.24, 2.45) is 5.73 Å². The molecular weight excluding hydrogens is 303 g/mol. The second kappa shape index (κ2) is 5.94. The van der Waals surface area contributed by atoms with E-state index in [1.54, 1.807) is 11.3 Å². The molecule has 1 saturated heterocycles. The fraction of sp³-hybridized carbons (Fsp3) is 0.615. The minimum absolute atomic E-state index is 0.270. The summed E-state index contributed by atoms with van der Waals surface area (Å²) in [6, 6.07) is 2.02. The van der Waals surface area contributed by atoms with Crippen LogP contribution in [0.1, 0.15) is 12.5 Å². The molecule has 1 aliphatic rings. The third kappa shape index (κ3) is 3.56. The Hall–Kier alpha value is -1.12. The first-order valence-corrected chi connectivity index (χ1v) is 7.54. The van der Waals surface area contributed by atoms with Crippen molar-refractivity contribution < 1.29 is 18.0 Å². The Morgan fingerprint density at radius 1 is 1.33 bits per heavy atom. The zero-order chi connectivity index (χ0) is 15.7. The Kier molecular flexibility index (Phi) is 4.60. The summed E-state index contributed by atoms with van der Waals surface area (Å²) in [6.45, 7) is 3.13. The Labute approximate surface area is 125 Å². The van der Waals surface area contributed by atoms with Gasteiger partial charge in [-0.25, -0.2) is 0 Å². The van der Waals surface area contributed by atoms with Gasteiger partial charge in [-0.1, -0.05) is 0 Å². The first-order valence-electron chi connectivity index (χ1n) is 6.60. The van der Waals surface area contributed by atoms with E-state index in [-0.39, 0.29) is 13.1 Å². The van der Waals surface area contributed by atoms with E-state index in [1.807, 2.05) is 16.8 Å². The number of nitrogens with two attached hydrogens (primary N) is 1. The lowest BCUT2D eigenvalue weighted by molar-refractivity contribution is -0.194. The Bertz CT molecular complexity index is 479. The van der Waals surface area contributed by atoms with Crippen molar-refractivity contribution in [1.29, 1.82) is 0 Å². The fourth-order valence-electron chi connectivity index (χ4n) is 2.20. The molecule has 2 rings (SSSR count). The number of rotatable bonds is 3. The number of hydrogen-bond acceptors (Lipinski definition) is 4. The summed E-state index contributed by atoms with van der Waals surface area (Å²) in [6.07, 6.45) is -4.74. The van der Waals surface area contributed by atoms with Crippen LogP contribution in [-0.2, 0) is 11.3 Å². The molecule has 2 N–H and O–H groups in total. The van der Waals surface area contributed by atoms with E-state index in [4.69, 9.17) is 5.73 Å². The molecule has 1 aromatic rings. The molecule has 0 spiro atoms. The van der Waals surface area contributed by atoms with E-state index in [9.17, 15) is 18.0 Å². The highest BCUT2D eigenvalue weighted by atomic mass is 32.1. The number of amides is 1. The number of carbonyl (C=O) groups excluding carboxylic acids is 1. The van der Waals surface area contributed by atoms with Gasteiger partial charge in [-0.2, -0.15) is 24.5 Å². The third-order valence-electron chi connectivity index (χ3n) is 3.68. The lowest BCUT2D eigenvalue weighted by Gasteiger charge is -2.38. The minimum atomic E-state index is -4.74. The summed E-state index contributed by atoms with van der Waals surface area (Å²) in [7, 11) is 0. The Morgan fingerprint density at radius 2 is 1.95 bits per heavy atom. The molecule has 0 aliphatic carbocycles. The van der Waals surface area contributed by atoms with Gasteiger partial charge in [0.15, 0.2) is 5.54 Å². The monoisotopic (exact) mass is 321 g/mol. The molecular formula is C13H18F3N3OS. The van der Waals surface area contributed by atoms with Crippen molar-refractivity contribution in [3.63, 3.8) is 0 Å². The lowest BCUT2D eigenvalue weighted by Crippen LogP contribution is -2.64. The highest BCUT2D eigenvalue weighted by molar-refractivity contribution is 7.07. The normalized spacial score (nSPS) is 20.3. The zero-order valence-corrected chi connectivity index (χ0v) is 12.5. The van der Waals surface area contributed by atoms with Gasteiger partial charge in [-0.15, -0.1) is 0 Å². The van der Waals surface area contributed by atoms with Crippen LogP contribution in [0.15, 0.2) is 16.8 Å². The maximum Gasteiger partial charge on any atom is 0.415 e. The molecule has 4 nitrogen and oxygen atoms in total. The molecule has 118 valence electrons. The van der Waals surface area contributed by atoms with Crippen molar-refractivity contribution in [3.05, 3.63) is 22.4 Å². The number of thiophene rings is 1.